The Bertz CT molecular complexity index is 1810. The van der Waals surface area contributed by atoms with Crippen molar-refractivity contribution in [2.75, 3.05) is 32.8 Å². The van der Waals surface area contributed by atoms with Gasteiger partial charge in [-0.1, -0.05) is 78.9 Å². The Morgan fingerprint density at radius 2 is 1.57 bits per heavy atom. The summed E-state index contributed by atoms with van der Waals surface area (Å²) in [7, 11) is -4.10. The lowest BCUT2D eigenvalue weighted by Crippen LogP contribution is -2.61. The van der Waals surface area contributed by atoms with Crippen molar-refractivity contribution in [3.63, 3.8) is 0 Å². The molecule has 2 aliphatic heterocycles. The maximum absolute atomic E-state index is 14.0. The van der Waals surface area contributed by atoms with Gasteiger partial charge < -0.3 is 14.4 Å². The minimum Gasteiger partial charge on any atom is -0.448 e. The Hall–Kier alpha value is -4.07. The second-order valence-electron chi connectivity index (χ2n) is 11.7. The molecule has 0 saturated carbocycles. The number of rotatable bonds is 8. The highest BCUT2D eigenvalue weighted by Gasteiger charge is 2.43. The molecular weight excluding hydrogens is 639 g/mol. The lowest BCUT2D eigenvalue weighted by Gasteiger charge is -2.38. The Balaban J connectivity index is 1.08. The van der Waals surface area contributed by atoms with E-state index in [1.165, 1.54) is 4.90 Å². The molecule has 0 radical (unpaired) electrons. The number of thiophene rings is 1. The zero-order valence-corrected chi connectivity index (χ0v) is 27.3. The van der Waals surface area contributed by atoms with Crippen LogP contribution in [-0.4, -0.2) is 74.8 Å². The van der Waals surface area contributed by atoms with Gasteiger partial charge in [0.05, 0.1) is 0 Å². The highest BCUT2D eigenvalue weighted by Crippen LogP contribution is 2.44. The molecule has 3 heterocycles. The van der Waals surface area contributed by atoms with Crippen LogP contribution in [0, 0.1) is 0 Å². The van der Waals surface area contributed by atoms with Gasteiger partial charge in [0.15, 0.2) is 6.29 Å². The van der Waals surface area contributed by atoms with Gasteiger partial charge in [-0.3, -0.25) is 4.79 Å². The molecule has 244 valence electrons. The van der Waals surface area contributed by atoms with E-state index in [-0.39, 0.29) is 36.4 Å². The van der Waals surface area contributed by atoms with E-state index in [1.807, 2.05) is 66.7 Å². The Morgan fingerprint density at radius 1 is 0.872 bits per heavy atom. The molecule has 0 bridgehead atoms. The van der Waals surface area contributed by atoms with Gasteiger partial charge in [-0.15, -0.1) is 11.3 Å². The van der Waals surface area contributed by atoms with E-state index in [9.17, 15) is 18.0 Å². The second-order valence-corrected chi connectivity index (χ2v) is 14.9. The van der Waals surface area contributed by atoms with Crippen LogP contribution in [0.3, 0.4) is 0 Å². The number of nitrogens with zero attached hydrogens (tertiary/aromatic N) is 2. The summed E-state index contributed by atoms with van der Waals surface area (Å²) in [4.78, 5) is 34.8. The molecule has 4 aromatic rings. The Morgan fingerprint density at radius 3 is 2.28 bits per heavy atom. The quantitative estimate of drug-likeness (QED) is 0.242. The van der Waals surface area contributed by atoms with Crippen LogP contribution >= 0.6 is 11.3 Å². The lowest BCUT2D eigenvalue weighted by molar-refractivity contribution is -0.202. The maximum Gasteiger partial charge on any atom is 0.409 e. The van der Waals surface area contributed by atoms with E-state index in [1.54, 1.807) is 12.1 Å². The second kappa shape index (κ2) is 13.6. The van der Waals surface area contributed by atoms with E-state index >= 15 is 0 Å². The van der Waals surface area contributed by atoms with Gasteiger partial charge in [0.2, 0.25) is 0 Å². The number of fused-ring (bicyclic) bond motifs is 3. The minimum absolute atomic E-state index is 0.0587. The molecule has 2 amide bonds. The van der Waals surface area contributed by atoms with E-state index < -0.39 is 34.4 Å². The Kier molecular flexibility index (Phi) is 9.11. The third kappa shape index (κ3) is 6.43. The van der Waals surface area contributed by atoms with Crippen LogP contribution in [0.1, 0.15) is 36.3 Å². The fourth-order valence-corrected chi connectivity index (χ4v) is 9.46. The van der Waals surface area contributed by atoms with Gasteiger partial charge in [-0.05, 0) is 52.8 Å². The van der Waals surface area contributed by atoms with Crippen LogP contribution < -0.4 is 5.48 Å². The van der Waals surface area contributed by atoms with Crippen molar-refractivity contribution >= 4 is 33.4 Å². The van der Waals surface area contributed by atoms with Crippen LogP contribution in [0.25, 0.3) is 21.6 Å². The first kappa shape index (κ1) is 31.5. The summed E-state index contributed by atoms with van der Waals surface area (Å²) >= 11 is 1.14. The van der Waals surface area contributed by atoms with E-state index in [4.69, 9.17) is 14.3 Å². The molecule has 1 unspecified atom stereocenters. The minimum atomic E-state index is -4.10. The van der Waals surface area contributed by atoms with Crippen LogP contribution in [0.4, 0.5) is 4.79 Å². The zero-order chi connectivity index (χ0) is 32.4. The topological polar surface area (TPSA) is 114 Å². The fourth-order valence-electron chi connectivity index (χ4n) is 6.45. The summed E-state index contributed by atoms with van der Waals surface area (Å²) in [5.74, 6) is -0.813. The number of nitrogens with one attached hydrogen (secondary N) is 1. The number of carbonyl (C=O) groups excluding carboxylic acids is 2. The molecule has 10 nitrogen and oxygen atoms in total. The van der Waals surface area contributed by atoms with E-state index in [0.29, 0.717) is 13.0 Å². The molecule has 3 aromatic carbocycles. The summed E-state index contributed by atoms with van der Waals surface area (Å²) < 4.78 is 40.7. The number of piperazine rings is 1. The first-order valence-corrected chi connectivity index (χ1v) is 18.0. The standard InChI is InChI=1S/C35H35N3O7S2/c39-34(36-45-32-16-8-9-21-43-32)30-22-37(19-20-38(30)47(41,42)33-18-17-31(46-33)24-10-2-1-3-11-24)35(40)44-23-29-27-14-6-4-12-25(27)26-13-5-7-15-28(26)29/h1-7,10-15,17-18,29-30,32H,8-9,16,19-23H2,(H,36,39)/t30-,32?/m1/s1. The van der Waals surface area contributed by atoms with Crippen molar-refractivity contribution in [1.29, 1.82) is 0 Å². The van der Waals surface area contributed by atoms with E-state index in [2.05, 4.69) is 17.6 Å². The first-order chi connectivity index (χ1) is 22.9. The summed E-state index contributed by atoms with van der Waals surface area (Å²) in [6.07, 6.45) is 1.17. The monoisotopic (exact) mass is 673 g/mol. The van der Waals surface area contributed by atoms with Gasteiger partial charge in [0.1, 0.15) is 16.9 Å². The van der Waals surface area contributed by atoms with E-state index in [0.717, 1.165) is 61.2 Å². The van der Waals surface area contributed by atoms with Crippen molar-refractivity contribution in [2.45, 2.75) is 41.7 Å². The largest absolute Gasteiger partial charge is 0.448 e. The summed E-state index contributed by atoms with van der Waals surface area (Å²) in [5, 5.41) is 0. The molecule has 2 atom stereocenters. The normalized spacial score (nSPS) is 20.0. The Labute approximate surface area is 277 Å². The number of hydroxylamine groups is 1. The maximum atomic E-state index is 14.0. The number of hydrogen-bond donors (Lipinski definition) is 1. The van der Waals surface area contributed by atoms with Crippen molar-refractivity contribution in [2.24, 2.45) is 0 Å². The van der Waals surface area contributed by atoms with Gasteiger partial charge in [-0.2, -0.15) is 4.31 Å². The van der Waals surface area contributed by atoms with Crippen molar-refractivity contribution in [3.05, 3.63) is 102 Å². The SMILES string of the molecule is O=C(NOC1CCCCO1)[C@H]1CN(C(=O)OCC2c3ccccc3-c3ccccc32)CCN1S(=O)(=O)c1ccc(-c2ccccc2)s1. The molecule has 2 saturated heterocycles. The smallest absolute Gasteiger partial charge is 0.409 e. The molecular formula is C35H35N3O7S2. The summed E-state index contributed by atoms with van der Waals surface area (Å²) in [6.45, 7) is 0.393. The van der Waals surface area contributed by atoms with Crippen molar-refractivity contribution in [1.82, 2.24) is 14.7 Å². The third-order valence-electron chi connectivity index (χ3n) is 8.86. The molecule has 1 aliphatic carbocycles. The lowest BCUT2D eigenvalue weighted by atomic mass is 9.98. The number of amides is 2. The average Bonchev–Trinajstić information content (AvgIpc) is 3.75. The van der Waals surface area contributed by atoms with Crippen LogP contribution in [0.15, 0.2) is 95.2 Å². The van der Waals surface area contributed by atoms with Crippen molar-refractivity contribution < 1.29 is 32.3 Å². The van der Waals surface area contributed by atoms with Crippen LogP contribution in [-0.2, 0) is 29.1 Å². The number of carbonyl (C=O) groups is 2. The van der Waals surface area contributed by atoms with Gasteiger partial charge in [0, 0.05) is 43.5 Å². The van der Waals surface area contributed by atoms with Crippen LogP contribution in [0.2, 0.25) is 0 Å². The van der Waals surface area contributed by atoms with Gasteiger partial charge in [-0.25, -0.2) is 23.5 Å². The van der Waals surface area contributed by atoms with Gasteiger partial charge in [0.25, 0.3) is 15.9 Å². The molecule has 1 aromatic heterocycles. The number of sulfonamides is 1. The number of benzene rings is 3. The van der Waals surface area contributed by atoms with Crippen molar-refractivity contribution in [3.8, 4) is 21.6 Å². The number of hydrogen-bond acceptors (Lipinski definition) is 8. The van der Waals surface area contributed by atoms with Crippen LogP contribution in [0.5, 0.6) is 0 Å². The molecule has 12 heteroatoms. The third-order valence-corrected chi connectivity index (χ3v) is 12.4. The first-order valence-electron chi connectivity index (χ1n) is 15.7. The highest BCUT2D eigenvalue weighted by molar-refractivity contribution is 7.91. The predicted molar refractivity (Wildman–Crippen MR) is 177 cm³/mol. The molecule has 1 N–H and O–H groups in total. The highest BCUT2D eigenvalue weighted by atomic mass is 32.2. The number of ether oxygens (including phenoxy) is 2. The molecule has 47 heavy (non-hydrogen) atoms. The predicted octanol–water partition coefficient (Wildman–Crippen LogP) is 5.61. The molecule has 3 aliphatic rings. The van der Waals surface area contributed by atoms with Gasteiger partial charge >= 0.3 is 6.09 Å². The summed E-state index contributed by atoms with van der Waals surface area (Å²) in [5.41, 5.74) is 7.72. The molecule has 2 fully saturated rings. The fraction of sp³-hybridized carbons (Fsp3) is 0.314. The molecule has 7 rings (SSSR count). The molecule has 0 spiro atoms. The zero-order valence-electron chi connectivity index (χ0n) is 25.6. The summed E-state index contributed by atoms with van der Waals surface area (Å²) in [6, 6.07) is 27.7. The average molecular weight is 674 g/mol.